The highest BCUT2D eigenvalue weighted by Gasteiger charge is 2.49. The molecule has 2 aromatic carbocycles. The van der Waals surface area contributed by atoms with Gasteiger partial charge in [-0.15, -0.1) is 0 Å². The molecule has 1 aliphatic heterocycles. The van der Waals surface area contributed by atoms with Crippen LogP contribution in [0.1, 0.15) is 35.1 Å². The summed E-state index contributed by atoms with van der Waals surface area (Å²) >= 11 is 0. The minimum Gasteiger partial charge on any atom is -0.489 e. The normalized spacial score (nSPS) is 17.7. The Hall–Kier alpha value is -4.14. The van der Waals surface area contributed by atoms with Crippen LogP contribution in [-0.4, -0.2) is 28.0 Å². The Balaban J connectivity index is 1.35. The SMILES string of the molecule is Cc1noc(C)c1COc1ccc(CC(=O)NN2C(=O)N[C@@](C)(c3ccccc3)C2=O)cc1. The van der Waals surface area contributed by atoms with Gasteiger partial charge in [-0.1, -0.05) is 47.6 Å². The number of ether oxygens (including phenoxy) is 1. The highest BCUT2D eigenvalue weighted by Crippen LogP contribution is 2.27. The zero-order valence-corrected chi connectivity index (χ0v) is 18.5. The van der Waals surface area contributed by atoms with Crippen LogP contribution in [0.5, 0.6) is 5.75 Å². The Kier molecular flexibility index (Phi) is 5.87. The molecule has 170 valence electrons. The molecule has 0 bridgehead atoms. The monoisotopic (exact) mass is 448 g/mol. The molecule has 1 fully saturated rings. The Labute approximate surface area is 190 Å². The van der Waals surface area contributed by atoms with Gasteiger partial charge in [0.1, 0.15) is 23.7 Å². The Bertz CT molecular complexity index is 1170. The third kappa shape index (κ3) is 4.43. The number of carbonyl (C=O) groups excluding carboxylic acids is 3. The van der Waals surface area contributed by atoms with Gasteiger partial charge in [0.05, 0.1) is 17.7 Å². The van der Waals surface area contributed by atoms with Crippen molar-refractivity contribution in [3.8, 4) is 5.75 Å². The maximum atomic E-state index is 12.9. The van der Waals surface area contributed by atoms with E-state index in [0.717, 1.165) is 16.3 Å². The molecule has 0 radical (unpaired) electrons. The fourth-order valence-electron chi connectivity index (χ4n) is 3.62. The molecule has 1 aliphatic rings. The number of amides is 4. The molecule has 2 N–H and O–H groups in total. The van der Waals surface area contributed by atoms with E-state index in [-0.39, 0.29) is 6.42 Å². The summed E-state index contributed by atoms with van der Waals surface area (Å²) in [5.41, 5.74) is 4.18. The number of hydrogen-bond acceptors (Lipinski definition) is 6. The van der Waals surface area contributed by atoms with E-state index in [1.165, 1.54) is 0 Å². The van der Waals surface area contributed by atoms with Crippen molar-refractivity contribution in [3.05, 3.63) is 82.7 Å². The van der Waals surface area contributed by atoms with Crippen LogP contribution < -0.4 is 15.5 Å². The van der Waals surface area contributed by atoms with Crippen LogP contribution in [0.2, 0.25) is 0 Å². The molecule has 0 spiro atoms. The first kappa shape index (κ1) is 22.1. The number of carbonyl (C=O) groups is 3. The quantitative estimate of drug-likeness (QED) is 0.537. The van der Waals surface area contributed by atoms with E-state index >= 15 is 0 Å². The highest BCUT2D eigenvalue weighted by molar-refractivity contribution is 6.08. The summed E-state index contributed by atoms with van der Waals surface area (Å²) in [7, 11) is 0. The van der Waals surface area contributed by atoms with Gasteiger partial charge in [-0.05, 0) is 44.0 Å². The first-order chi connectivity index (χ1) is 15.8. The van der Waals surface area contributed by atoms with Crippen LogP contribution in [0.4, 0.5) is 4.79 Å². The molecule has 0 saturated carbocycles. The Morgan fingerprint density at radius 3 is 2.45 bits per heavy atom. The molecule has 2 heterocycles. The number of nitrogens with one attached hydrogen (secondary N) is 2. The third-order valence-corrected chi connectivity index (χ3v) is 5.63. The van der Waals surface area contributed by atoms with Gasteiger partial charge in [-0.3, -0.25) is 15.0 Å². The summed E-state index contributed by atoms with van der Waals surface area (Å²) in [6.45, 7) is 5.61. The number of hydrogen-bond donors (Lipinski definition) is 2. The second kappa shape index (κ2) is 8.78. The number of nitrogens with zero attached hydrogens (tertiary/aromatic N) is 2. The molecule has 0 aliphatic carbocycles. The molecule has 9 heteroatoms. The van der Waals surface area contributed by atoms with Crippen molar-refractivity contribution < 1.29 is 23.6 Å². The topological polar surface area (TPSA) is 114 Å². The second-order valence-electron chi connectivity index (χ2n) is 8.01. The van der Waals surface area contributed by atoms with Gasteiger partial charge in [0.2, 0.25) is 5.91 Å². The molecule has 4 amide bonds. The van der Waals surface area contributed by atoms with Crippen LogP contribution in [-0.2, 0) is 28.2 Å². The number of hydrazine groups is 1. The minimum atomic E-state index is -1.24. The van der Waals surface area contributed by atoms with Crippen molar-refractivity contribution >= 4 is 17.8 Å². The van der Waals surface area contributed by atoms with Crippen molar-refractivity contribution in [3.63, 3.8) is 0 Å². The lowest BCUT2D eigenvalue weighted by molar-refractivity contribution is -0.138. The van der Waals surface area contributed by atoms with Crippen LogP contribution in [0.3, 0.4) is 0 Å². The van der Waals surface area contributed by atoms with Crippen molar-refractivity contribution in [2.24, 2.45) is 0 Å². The van der Waals surface area contributed by atoms with Crippen LogP contribution in [0, 0.1) is 13.8 Å². The van der Waals surface area contributed by atoms with E-state index in [0.29, 0.717) is 29.2 Å². The van der Waals surface area contributed by atoms with E-state index in [1.54, 1.807) is 55.5 Å². The van der Waals surface area contributed by atoms with Crippen LogP contribution in [0.15, 0.2) is 59.1 Å². The zero-order chi connectivity index (χ0) is 23.6. The average molecular weight is 448 g/mol. The molecule has 4 rings (SSSR count). The summed E-state index contributed by atoms with van der Waals surface area (Å²) in [5.74, 6) is 0.312. The maximum Gasteiger partial charge on any atom is 0.344 e. The first-order valence-electron chi connectivity index (χ1n) is 10.4. The lowest BCUT2D eigenvalue weighted by Gasteiger charge is -2.22. The second-order valence-corrected chi connectivity index (χ2v) is 8.01. The summed E-state index contributed by atoms with van der Waals surface area (Å²) in [4.78, 5) is 37.8. The highest BCUT2D eigenvalue weighted by atomic mass is 16.5. The predicted molar refractivity (Wildman–Crippen MR) is 118 cm³/mol. The summed E-state index contributed by atoms with van der Waals surface area (Å²) in [6, 6.07) is 15.2. The van der Waals surface area contributed by atoms with Gasteiger partial charge >= 0.3 is 6.03 Å². The molecule has 0 unspecified atom stereocenters. The summed E-state index contributed by atoms with van der Waals surface area (Å²) < 4.78 is 10.9. The first-order valence-corrected chi connectivity index (χ1v) is 10.4. The fraction of sp³-hybridized carbons (Fsp3) is 0.250. The van der Waals surface area contributed by atoms with Crippen LogP contribution in [0.25, 0.3) is 0 Å². The average Bonchev–Trinajstić information content (AvgIpc) is 3.24. The summed E-state index contributed by atoms with van der Waals surface area (Å²) in [5, 5.41) is 7.28. The van der Waals surface area contributed by atoms with Crippen molar-refractivity contribution in [2.45, 2.75) is 39.3 Å². The van der Waals surface area contributed by atoms with E-state index in [2.05, 4.69) is 15.9 Å². The van der Waals surface area contributed by atoms with Crippen molar-refractivity contribution in [2.75, 3.05) is 0 Å². The number of benzene rings is 2. The molecule has 9 nitrogen and oxygen atoms in total. The summed E-state index contributed by atoms with van der Waals surface area (Å²) in [6.07, 6.45) is -0.0107. The van der Waals surface area contributed by atoms with Gasteiger partial charge in [-0.2, -0.15) is 5.01 Å². The molecule has 1 atom stereocenters. The fourth-order valence-corrected chi connectivity index (χ4v) is 3.62. The molecule has 33 heavy (non-hydrogen) atoms. The lowest BCUT2D eigenvalue weighted by atomic mass is 9.92. The molecule has 1 saturated heterocycles. The molecule has 1 aromatic heterocycles. The number of imide groups is 1. The lowest BCUT2D eigenvalue weighted by Crippen LogP contribution is -2.48. The standard InChI is InChI=1S/C24H24N4O5/c1-15-20(16(2)33-27-15)14-32-19-11-9-17(10-12-19)13-21(29)26-28-22(30)24(3,25-23(28)31)18-7-5-4-6-8-18/h4-12H,13-14H2,1-3H3,(H,25,31)(H,26,29)/t24-/m0/s1. The smallest absolute Gasteiger partial charge is 0.344 e. The molecular formula is C24H24N4O5. The van der Waals surface area contributed by atoms with Crippen molar-refractivity contribution in [1.82, 2.24) is 20.9 Å². The van der Waals surface area contributed by atoms with Gasteiger partial charge < -0.3 is 14.6 Å². The maximum absolute atomic E-state index is 12.9. The molecule has 3 aromatic rings. The van der Waals surface area contributed by atoms with E-state index < -0.39 is 23.4 Å². The Morgan fingerprint density at radius 1 is 1.12 bits per heavy atom. The number of aromatic nitrogens is 1. The van der Waals surface area contributed by atoms with E-state index in [1.807, 2.05) is 19.9 Å². The van der Waals surface area contributed by atoms with Crippen LogP contribution >= 0.6 is 0 Å². The third-order valence-electron chi connectivity index (χ3n) is 5.63. The number of aryl methyl sites for hydroxylation is 2. The largest absolute Gasteiger partial charge is 0.489 e. The predicted octanol–water partition coefficient (Wildman–Crippen LogP) is 2.91. The Morgan fingerprint density at radius 2 is 1.82 bits per heavy atom. The number of rotatable bonds is 7. The number of urea groups is 1. The van der Waals surface area contributed by atoms with Gasteiger partial charge in [-0.25, -0.2) is 4.79 Å². The molecular weight excluding hydrogens is 424 g/mol. The van der Waals surface area contributed by atoms with Gasteiger partial charge in [0, 0.05) is 0 Å². The van der Waals surface area contributed by atoms with E-state index in [4.69, 9.17) is 9.26 Å². The van der Waals surface area contributed by atoms with Gasteiger partial charge in [0.25, 0.3) is 5.91 Å². The van der Waals surface area contributed by atoms with Crippen molar-refractivity contribution in [1.29, 1.82) is 0 Å². The van der Waals surface area contributed by atoms with Gasteiger partial charge in [0.15, 0.2) is 0 Å². The van der Waals surface area contributed by atoms with E-state index in [9.17, 15) is 14.4 Å². The minimum absolute atomic E-state index is 0.0107. The zero-order valence-electron chi connectivity index (χ0n) is 18.5.